The average Bonchev–Trinajstić information content (AvgIpc) is 2.49. The van der Waals surface area contributed by atoms with Crippen LogP contribution in [0.5, 0.6) is 0 Å². The second-order valence-electron chi connectivity index (χ2n) is 5.84. The lowest BCUT2D eigenvalue weighted by Gasteiger charge is -2.21. The molecule has 1 aromatic rings. The third-order valence-electron chi connectivity index (χ3n) is 4.08. The van der Waals surface area contributed by atoms with E-state index in [-0.39, 0.29) is 17.4 Å². The Morgan fingerprint density at radius 2 is 1.74 bits per heavy atom. The van der Waals surface area contributed by atoms with Gasteiger partial charge in [0, 0.05) is 11.8 Å². The molecule has 2 bridgehead atoms. The third-order valence-corrected chi connectivity index (χ3v) is 5.40. The first-order valence-corrected chi connectivity index (χ1v) is 9.15. The molecule has 4 heteroatoms. The molecule has 0 fully saturated rings. The third kappa shape index (κ3) is 3.89. The molecule has 0 saturated carbocycles. The van der Waals surface area contributed by atoms with Crippen molar-refractivity contribution in [2.75, 3.05) is 6.61 Å². The maximum Gasteiger partial charge on any atom is 0.296 e. The van der Waals surface area contributed by atoms with Gasteiger partial charge in [-0.3, -0.25) is 4.18 Å². The van der Waals surface area contributed by atoms with Gasteiger partial charge in [0.05, 0.1) is 11.5 Å². The molecule has 120 valence electrons. The van der Waals surface area contributed by atoms with Crippen LogP contribution in [0.4, 0.5) is 0 Å². The van der Waals surface area contributed by atoms with E-state index < -0.39 is 10.1 Å². The molecule has 0 aliphatic heterocycles. The number of benzene rings is 1. The highest BCUT2D eigenvalue weighted by Crippen LogP contribution is 2.28. The molecule has 0 heterocycles. The zero-order valence-electron chi connectivity index (χ0n) is 13.1. The van der Waals surface area contributed by atoms with Crippen molar-refractivity contribution in [3.05, 3.63) is 77.9 Å². The summed E-state index contributed by atoms with van der Waals surface area (Å²) in [6, 6.07) is 6.71. The molecule has 0 unspecified atom stereocenters. The summed E-state index contributed by atoms with van der Waals surface area (Å²) in [6.07, 6.45) is 15.4. The van der Waals surface area contributed by atoms with E-state index in [1.54, 1.807) is 24.3 Å². The summed E-state index contributed by atoms with van der Waals surface area (Å²) in [7, 11) is -3.68. The number of aryl methyl sites for hydroxylation is 1. The number of hydrogen-bond donors (Lipinski definition) is 0. The molecule has 3 aliphatic rings. The molecule has 23 heavy (non-hydrogen) atoms. The minimum Gasteiger partial charge on any atom is -0.266 e. The number of allylic oxidation sites excluding steroid dienone is 7. The fourth-order valence-electron chi connectivity index (χ4n) is 2.76. The quantitative estimate of drug-likeness (QED) is 0.607. The van der Waals surface area contributed by atoms with Crippen molar-refractivity contribution in [2.45, 2.75) is 18.2 Å². The van der Waals surface area contributed by atoms with Gasteiger partial charge in [-0.05, 0) is 25.5 Å². The summed E-state index contributed by atoms with van der Waals surface area (Å²) in [5, 5.41) is 0. The highest BCUT2D eigenvalue weighted by molar-refractivity contribution is 7.86. The Kier molecular flexibility index (Phi) is 4.64. The van der Waals surface area contributed by atoms with Gasteiger partial charge in [0.15, 0.2) is 0 Å². The molecule has 4 rings (SSSR count). The minimum absolute atomic E-state index is 0.163. The monoisotopic (exact) mass is 328 g/mol. The highest BCUT2D eigenvalue weighted by Gasteiger charge is 2.18. The lowest BCUT2D eigenvalue weighted by atomic mass is 9.85. The van der Waals surface area contributed by atoms with E-state index in [0.717, 1.165) is 5.56 Å². The first-order chi connectivity index (χ1) is 11.0. The van der Waals surface area contributed by atoms with Gasteiger partial charge in [0.1, 0.15) is 0 Å². The van der Waals surface area contributed by atoms with E-state index in [1.165, 1.54) is 5.57 Å². The standard InChI is InChI=1S/C19H20O3S/c1-15-6-10-19(11-7-15)23(20,21)22-13-12-18-14-16-4-2-3-5-17(18)9-8-16/h2-11,14,16-17H,12-13H2,1H3/b4-2-,5-3-/t16-,17+/m0/s1. The summed E-state index contributed by atoms with van der Waals surface area (Å²) in [5.41, 5.74) is 2.23. The van der Waals surface area contributed by atoms with E-state index in [4.69, 9.17) is 4.18 Å². The highest BCUT2D eigenvalue weighted by atomic mass is 32.2. The molecule has 0 saturated heterocycles. The fraction of sp³-hybridized carbons (Fsp3) is 0.263. The van der Waals surface area contributed by atoms with Gasteiger partial charge in [0.2, 0.25) is 0 Å². The fourth-order valence-corrected chi connectivity index (χ4v) is 3.67. The van der Waals surface area contributed by atoms with Crippen molar-refractivity contribution in [3.63, 3.8) is 0 Å². The second kappa shape index (κ2) is 6.69. The van der Waals surface area contributed by atoms with Crippen LogP contribution in [0.25, 0.3) is 0 Å². The first kappa shape index (κ1) is 16.0. The van der Waals surface area contributed by atoms with Crippen molar-refractivity contribution >= 4 is 10.1 Å². The van der Waals surface area contributed by atoms with Gasteiger partial charge in [-0.15, -0.1) is 0 Å². The molecular formula is C19H20O3S. The van der Waals surface area contributed by atoms with Crippen LogP contribution in [0.2, 0.25) is 0 Å². The van der Waals surface area contributed by atoms with Crippen LogP contribution in [0.3, 0.4) is 0 Å². The lowest BCUT2D eigenvalue weighted by molar-refractivity contribution is 0.319. The minimum atomic E-state index is -3.68. The van der Waals surface area contributed by atoms with E-state index in [1.807, 2.05) is 19.1 Å². The van der Waals surface area contributed by atoms with E-state index in [9.17, 15) is 8.42 Å². The Labute approximate surface area is 137 Å². The molecule has 0 N–H and O–H groups in total. The Balaban J connectivity index is 1.63. The predicted molar refractivity (Wildman–Crippen MR) is 91.4 cm³/mol. The van der Waals surface area contributed by atoms with Crippen molar-refractivity contribution < 1.29 is 12.6 Å². The largest absolute Gasteiger partial charge is 0.296 e. The molecule has 0 spiro atoms. The van der Waals surface area contributed by atoms with Crippen LogP contribution in [-0.4, -0.2) is 15.0 Å². The van der Waals surface area contributed by atoms with Crippen LogP contribution in [0.15, 0.2) is 77.3 Å². The van der Waals surface area contributed by atoms with E-state index >= 15 is 0 Å². The summed E-state index contributed by atoms with van der Waals surface area (Å²) in [4.78, 5) is 0.207. The summed E-state index contributed by atoms with van der Waals surface area (Å²) >= 11 is 0. The number of rotatable bonds is 5. The average molecular weight is 328 g/mol. The molecule has 0 amide bonds. The van der Waals surface area contributed by atoms with Crippen LogP contribution in [0.1, 0.15) is 12.0 Å². The molecule has 1 aromatic carbocycles. The topological polar surface area (TPSA) is 43.4 Å². The van der Waals surface area contributed by atoms with Gasteiger partial charge < -0.3 is 0 Å². The van der Waals surface area contributed by atoms with Crippen molar-refractivity contribution in [1.82, 2.24) is 0 Å². The van der Waals surface area contributed by atoms with Gasteiger partial charge >= 0.3 is 0 Å². The van der Waals surface area contributed by atoms with Crippen LogP contribution in [0, 0.1) is 18.8 Å². The maximum absolute atomic E-state index is 12.2. The first-order valence-electron chi connectivity index (χ1n) is 7.75. The predicted octanol–water partition coefficient (Wildman–Crippen LogP) is 3.95. The van der Waals surface area contributed by atoms with Crippen LogP contribution in [-0.2, 0) is 14.3 Å². The van der Waals surface area contributed by atoms with Crippen LogP contribution >= 0.6 is 0 Å². The Morgan fingerprint density at radius 3 is 2.52 bits per heavy atom. The summed E-state index contributed by atoms with van der Waals surface area (Å²) < 4.78 is 29.6. The molecular weight excluding hydrogens is 308 g/mol. The molecule has 2 atom stereocenters. The summed E-state index contributed by atoms with van der Waals surface area (Å²) in [5.74, 6) is 0.529. The smallest absolute Gasteiger partial charge is 0.266 e. The van der Waals surface area contributed by atoms with Gasteiger partial charge in [0.25, 0.3) is 10.1 Å². The Morgan fingerprint density at radius 1 is 1.00 bits per heavy atom. The maximum atomic E-state index is 12.2. The van der Waals surface area contributed by atoms with Gasteiger partial charge in [-0.1, -0.05) is 65.8 Å². The Hall–Kier alpha value is -1.91. The lowest BCUT2D eigenvalue weighted by Crippen LogP contribution is -2.12. The van der Waals surface area contributed by atoms with E-state index in [2.05, 4.69) is 30.4 Å². The zero-order chi connectivity index (χ0) is 16.3. The summed E-state index contributed by atoms with van der Waals surface area (Å²) in [6.45, 7) is 2.08. The normalized spacial score (nSPS) is 25.5. The molecule has 0 aromatic heterocycles. The molecule has 3 nitrogen and oxygen atoms in total. The van der Waals surface area contributed by atoms with E-state index in [0.29, 0.717) is 12.3 Å². The zero-order valence-corrected chi connectivity index (χ0v) is 13.9. The molecule has 3 aliphatic carbocycles. The van der Waals surface area contributed by atoms with Crippen molar-refractivity contribution in [2.24, 2.45) is 11.8 Å². The van der Waals surface area contributed by atoms with Crippen molar-refractivity contribution in [3.8, 4) is 0 Å². The second-order valence-corrected chi connectivity index (χ2v) is 7.45. The van der Waals surface area contributed by atoms with Gasteiger partial charge in [-0.25, -0.2) is 0 Å². The van der Waals surface area contributed by atoms with Crippen molar-refractivity contribution in [1.29, 1.82) is 0 Å². The van der Waals surface area contributed by atoms with Gasteiger partial charge in [-0.2, -0.15) is 8.42 Å². The number of fused-ring (bicyclic) bond motifs is 1. The van der Waals surface area contributed by atoms with Crippen LogP contribution < -0.4 is 0 Å². The number of hydrogen-bond acceptors (Lipinski definition) is 3. The SMILES string of the molecule is Cc1ccc(S(=O)(=O)OCCC2=C[C@@H]3C=C[C@H]2/C=C\C=C/3)cc1. The Bertz CT molecular complexity index is 780. The molecule has 0 radical (unpaired) electrons.